The predicted octanol–water partition coefficient (Wildman–Crippen LogP) is 1.98. The molecule has 1 heterocycles. The summed E-state index contributed by atoms with van der Waals surface area (Å²) < 4.78 is 0. The monoisotopic (exact) mass is 228 g/mol. The van der Waals surface area contributed by atoms with Crippen molar-refractivity contribution >= 4 is 5.91 Å². The number of nitrogens with zero attached hydrogens (tertiary/aromatic N) is 2. The molecule has 0 saturated heterocycles. The van der Waals surface area contributed by atoms with Crippen molar-refractivity contribution in [3.8, 4) is 0 Å². The van der Waals surface area contributed by atoms with Crippen molar-refractivity contribution in [2.45, 2.75) is 38.3 Å². The number of carbonyl (C=O) groups is 1. The highest BCUT2D eigenvalue weighted by Gasteiger charge is 2.75. The van der Waals surface area contributed by atoms with Crippen LogP contribution in [0.5, 0.6) is 0 Å². The predicted molar refractivity (Wildman–Crippen MR) is 63.0 cm³/mol. The standard InChI is InChI=1S/C14H16N2O/c17-13(14-7-11(14)8-14)16(12-1-2-12)9-10-3-5-15-6-4-10/h3-6,11-12H,1-2,7-9H2. The van der Waals surface area contributed by atoms with Gasteiger partial charge in [-0.1, -0.05) is 0 Å². The molecular weight excluding hydrogens is 212 g/mol. The molecule has 3 nitrogen and oxygen atoms in total. The maximum Gasteiger partial charge on any atom is 0.229 e. The molecule has 0 aliphatic heterocycles. The molecule has 3 aliphatic carbocycles. The molecule has 0 aromatic carbocycles. The summed E-state index contributed by atoms with van der Waals surface area (Å²) in [5.41, 5.74) is 1.32. The van der Waals surface area contributed by atoms with E-state index in [1.807, 2.05) is 12.1 Å². The second kappa shape index (κ2) is 3.09. The van der Waals surface area contributed by atoms with Gasteiger partial charge in [0.05, 0.1) is 5.41 Å². The summed E-state index contributed by atoms with van der Waals surface area (Å²) in [5, 5.41) is 0. The van der Waals surface area contributed by atoms with E-state index < -0.39 is 0 Å². The molecule has 0 unspecified atom stereocenters. The fourth-order valence-corrected chi connectivity index (χ4v) is 2.77. The van der Waals surface area contributed by atoms with Gasteiger partial charge in [0.15, 0.2) is 0 Å². The Balaban J connectivity index is 1.53. The lowest BCUT2D eigenvalue weighted by Crippen LogP contribution is -2.35. The van der Waals surface area contributed by atoms with E-state index in [0.29, 0.717) is 11.9 Å². The summed E-state index contributed by atoms with van der Waals surface area (Å²) in [5.74, 6) is 1.18. The largest absolute Gasteiger partial charge is 0.335 e. The second-order valence-corrected chi connectivity index (χ2v) is 5.78. The molecule has 0 radical (unpaired) electrons. The Morgan fingerprint density at radius 3 is 2.53 bits per heavy atom. The van der Waals surface area contributed by atoms with Crippen LogP contribution >= 0.6 is 0 Å². The van der Waals surface area contributed by atoms with Gasteiger partial charge in [-0.05, 0) is 49.3 Å². The van der Waals surface area contributed by atoms with Crippen LogP contribution < -0.4 is 0 Å². The molecule has 3 saturated carbocycles. The Bertz CT molecular complexity index is 460. The molecule has 3 heteroatoms. The second-order valence-electron chi connectivity index (χ2n) is 5.78. The highest BCUT2D eigenvalue weighted by atomic mass is 16.2. The van der Waals surface area contributed by atoms with Crippen molar-refractivity contribution in [2.24, 2.45) is 11.3 Å². The third-order valence-corrected chi connectivity index (χ3v) is 4.46. The van der Waals surface area contributed by atoms with Crippen LogP contribution in [-0.2, 0) is 11.3 Å². The minimum Gasteiger partial charge on any atom is -0.335 e. The number of carbonyl (C=O) groups excluding carboxylic acids is 1. The maximum absolute atomic E-state index is 12.5. The van der Waals surface area contributed by atoms with Gasteiger partial charge < -0.3 is 4.90 Å². The van der Waals surface area contributed by atoms with E-state index in [9.17, 15) is 4.79 Å². The summed E-state index contributed by atoms with van der Waals surface area (Å²) in [6.45, 7) is 0.778. The summed E-state index contributed by atoms with van der Waals surface area (Å²) in [6, 6.07) is 4.54. The number of amides is 1. The summed E-state index contributed by atoms with van der Waals surface area (Å²) >= 11 is 0. The van der Waals surface area contributed by atoms with Gasteiger partial charge in [0, 0.05) is 25.0 Å². The van der Waals surface area contributed by atoms with Gasteiger partial charge in [-0.15, -0.1) is 0 Å². The Kier molecular flexibility index (Phi) is 1.75. The first kappa shape index (κ1) is 9.63. The first-order valence-corrected chi connectivity index (χ1v) is 6.49. The summed E-state index contributed by atoms with van der Waals surface area (Å²) in [6.07, 6.45) is 8.31. The van der Waals surface area contributed by atoms with Crippen LogP contribution in [0.15, 0.2) is 24.5 Å². The molecule has 3 fully saturated rings. The molecule has 1 amide bonds. The van der Waals surface area contributed by atoms with Gasteiger partial charge in [-0.3, -0.25) is 9.78 Å². The van der Waals surface area contributed by atoms with Crippen molar-refractivity contribution in [2.75, 3.05) is 0 Å². The number of fused-ring (bicyclic) bond motifs is 1. The third kappa shape index (κ3) is 1.48. The number of hydrogen-bond donors (Lipinski definition) is 0. The molecule has 0 spiro atoms. The minimum atomic E-state index is 0.121. The van der Waals surface area contributed by atoms with Crippen LogP contribution in [0.4, 0.5) is 0 Å². The zero-order valence-corrected chi connectivity index (χ0v) is 9.80. The Hall–Kier alpha value is -1.38. The zero-order chi connectivity index (χ0) is 11.5. The lowest BCUT2D eigenvalue weighted by atomic mass is 10.1. The van der Waals surface area contributed by atoms with Crippen molar-refractivity contribution in [1.82, 2.24) is 9.88 Å². The van der Waals surface area contributed by atoms with Gasteiger partial charge in [-0.25, -0.2) is 0 Å². The lowest BCUT2D eigenvalue weighted by molar-refractivity contribution is -0.136. The van der Waals surface area contributed by atoms with Crippen molar-refractivity contribution < 1.29 is 4.79 Å². The molecule has 4 rings (SSSR count). The normalized spacial score (nSPS) is 32.8. The molecule has 1 aromatic heterocycles. The Morgan fingerprint density at radius 2 is 2.00 bits per heavy atom. The Labute approximate surface area is 101 Å². The maximum atomic E-state index is 12.5. The fraction of sp³-hybridized carbons (Fsp3) is 0.571. The number of rotatable bonds is 4. The topological polar surface area (TPSA) is 33.2 Å². The highest BCUT2D eigenvalue weighted by molar-refractivity contribution is 5.90. The first-order chi connectivity index (χ1) is 8.29. The van der Waals surface area contributed by atoms with Crippen molar-refractivity contribution in [1.29, 1.82) is 0 Å². The fourth-order valence-electron chi connectivity index (χ4n) is 2.77. The molecular formula is C14H16N2O. The van der Waals surface area contributed by atoms with Gasteiger partial charge >= 0.3 is 0 Å². The molecule has 88 valence electrons. The molecule has 0 bridgehead atoms. The quantitative estimate of drug-likeness (QED) is 0.789. The summed E-state index contributed by atoms with van der Waals surface area (Å²) in [7, 11) is 0. The van der Waals surface area contributed by atoms with Crippen molar-refractivity contribution in [3.63, 3.8) is 0 Å². The molecule has 0 atom stereocenters. The van der Waals surface area contributed by atoms with Gasteiger partial charge in [-0.2, -0.15) is 0 Å². The van der Waals surface area contributed by atoms with Crippen LogP contribution in [0, 0.1) is 11.3 Å². The average molecular weight is 228 g/mol. The van der Waals surface area contributed by atoms with Gasteiger partial charge in [0.1, 0.15) is 0 Å². The van der Waals surface area contributed by atoms with E-state index in [1.54, 1.807) is 12.4 Å². The van der Waals surface area contributed by atoms with E-state index in [0.717, 1.165) is 25.3 Å². The number of pyridine rings is 1. The Morgan fingerprint density at radius 1 is 1.35 bits per heavy atom. The summed E-state index contributed by atoms with van der Waals surface area (Å²) in [4.78, 5) is 18.6. The first-order valence-electron chi connectivity index (χ1n) is 6.49. The van der Waals surface area contributed by atoms with E-state index >= 15 is 0 Å². The average Bonchev–Trinajstić information content (AvgIpc) is 3.19. The van der Waals surface area contributed by atoms with Gasteiger partial charge in [0.2, 0.25) is 5.91 Å². The SMILES string of the molecule is O=C(N(Cc1ccncc1)C1CC1)C12CC1C2. The van der Waals surface area contributed by atoms with Crippen LogP contribution in [0.1, 0.15) is 31.2 Å². The van der Waals surface area contributed by atoms with Crippen molar-refractivity contribution in [3.05, 3.63) is 30.1 Å². The van der Waals surface area contributed by atoms with Crippen LogP contribution in [0.2, 0.25) is 0 Å². The zero-order valence-electron chi connectivity index (χ0n) is 9.80. The van der Waals surface area contributed by atoms with E-state index in [1.165, 1.54) is 18.4 Å². The third-order valence-electron chi connectivity index (χ3n) is 4.46. The van der Waals surface area contributed by atoms with Crippen LogP contribution in [0.3, 0.4) is 0 Å². The number of hydrogen-bond acceptors (Lipinski definition) is 2. The van der Waals surface area contributed by atoms with E-state index in [-0.39, 0.29) is 5.41 Å². The lowest BCUT2D eigenvalue weighted by Gasteiger charge is -2.24. The highest BCUT2D eigenvalue weighted by Crippen LogP contribution is 2.76. The molecule has 17 heavy (non-hydrogen) atoms. The van der Waals surface area contributed by atoms with E-state index in [4.69, 9.17) is 0 Å². The van der Waals surface area contributed by atoms with Gasteiger partial charge in [0.25, 0.3) is 0 Å². The molecule has 0 N–H and O–H groups in total. The van der Waals surface area contributed by atoms with Crippen LogP contribution in [-0.4, -0.2) is 21.8 Å². The number of aromatic nitrogens is 1. The smallest absolute Gasteiger partial charge is 0.229 e. The van der Waals surface area contributed by atoms with Crippen LogP contribution in [0.25, 0.3) is 0 Å². The molecule has 3 aliphatic rings. The molecule has 1 aromatic rings. The minimum absolute atomic E-state index is 0.121. The van der Waals surface area contributed by atoms with E-state index in [2.05, 4.69) is 9.88 Å².